The van der Waals surface area contributed by atoms with Gasteiger partial charge in [-0.25, -0.2) is 0 Å². The molecule has 4 rings (SSSR count). The summed E-state index contributed by atoms with van der Waals surface area (Å²) >= 11 is -1.67. The number of nitrogens with zero attached hydrogens (tertiary/aromatic N) is 1. The van der Waals surface area contributed by atoms with Gasteiger partial charge in [0.1, 0.15) is 11.9 Å². The van der Waals surface area contributed by atoms with Crippen LogP contribution in [-0.4, -0.2) is 61.1 Å². The van der Waals surface area contributed by atoms with Crippen LogP contribution in [0, 0.1) is 11.3 Å². The molecule has 0 bridgehead atoms. The molecular formula is C31H39N5O4S. The highest BCUT2D eigenvalue weighted by atomic mass is 32.2. The molecule has 1 aliphatic heterocycles. The first-order valence-electron chi connectivity index (χ1n) is 13.8. The Labute approximate surface area is 245 Å². The van der Waals surface area contributed by atoms with Gasteiger partial charge in [0.25, 0.3) is 0 Å². The maximum absolute atomic E-state index is 13.8. The SMILES string of the molecule is COc1ccc(-c2cccc([S+]([O-])NC(Cc3cccc(C(=N)N)c3)C(=O)N3CCC(CCN)CC3)c2)cc1OC. The molecule has 2 unspecified atom stereocenters. The molecule has 6 N–H and O–H groups in total. The number of likely N-dealkylation sites (tertiary alicyclic amines) is 1. The predicted octanol–water partition coefficient (Wildman–Crippen LogP) is 3.47. The van der Waals surface area contributed by atoms with Gasteiger partial charge in [-0.2, -0.15) is 0 Å². The van der Waals surface area contributed by atoms with Gasteiger partial charge in [0.15, 0.2) is 16.4 Å². The molecule has 1 fully saturated rings. The second-order valence-electron chi connectivity index (χ2n) is 10.2. The first kappa shape index (κ1) is 30.4. The maximum Gasteiger partial charge on any atom is 0.244 e. The van der Waals surface area contributed by atoms with Crippen LogP contribution >= 0.6 is 0 Å². The van der Waals surface area contributed by atoms with Crippen molar-refractivity contribution in [2.24, 2.45) is 17.4 Å². The van der Waals surface area contributed by atoms with Gasteiger partial charge in [-0.15, -0.1) is 4.72 Å². The van der Waals surface area contributed by atoms with Crippen molar-refractivity contribution in [2.45, 2.75) is 36.6 Å². The number of rotatable bonds is 12. The van der Waals surface area contributed by atoms with E-state index in [9.17, 15) is 9.35 Å². The standard InChI is InChI=1S/C31H39N5O4S/c1-39-28-10-9-24(20-29(28)40-2)23-6-4-8-26(19-23)41(38)35-27(18-22-5-3-7-25(17-22)30(33)34)31(37)36-15-12-21(11-14-32)13-16-36/h3-10,17,19-21,27,35H,11-16,18,32H2,1-2H3,(H3,33,34). The van der Waals surface area contributed by atoms with Crippen LogP contribution in [-0.2, 0) is 22.6 Å². The van der Waals surface area contributed by atoms with Gasteiger partial charge in [-0.1, -0.05) is 36.4 Å². The quantitative estimate of drug-likeness (QED) is 0.146. The van der Waals surface area contributed by atoms with Crippen LogP contribution in [0.1, 0.15) is 30.4 Å². The Morgan fingerprint density at radius 2 is 1.76 bits per heavy atom. The highest BCUT2D eigenvalue weighted by Gasteiger charge is 2.32. The molecule has 9 nitrogen and oxygen atoms in total. The number of nitrogens with one attached hydrogen (secondary N) is 2. The lowest BCUT2D eigenvalue weighted by molar-refractivity contribution is -0.134. The molecule has 0 radical (unpaired) electrons. The lowest BCUT2D eigenvalue weighted by Gasteiger charge is -2.34. The summed E-state index contributed by atoms with van der Waals surface area (Å²) in [6.07, 6.45) is 3.09. The average molecular weight is 578 g/mol. The van der Waals surface area contributed by atoms with E-state index in [1.807, 2.05) is 53.4 Å². The average Bonchev–Trinajstić information content (AvgIpc) is 3.00. The molecule has 0 aliphatic carbocycles. The number of amides is 1. The van der Waals surface area contributed by atoms with Gasteiger partial charge in [-0.05, 0) is 72.7 Å². The fraction of sp³-hybridized carbons (Fsp3) is 0.355. The largest absolute Gasteiger partial charge is 0.593 e. The number of nitrogen functional groups attached to an aromatic ring is 1. The van der Waals surface area contributed by atoms with E-state index >= 15 is 0 Å². The monoisotopic (exact) mass is 577 g/mol. The number of ether oxygens (including phenoxy) is 2. The fourth-order valence-corrected chi connectivity index (χ4v) is 6.20. The second kappa shape index (κ2) is 14.4. The molecule has 10 heteroatoms. The van der Waals surface area contributed by atoms with E-state index in [-0.39, 0.29) is 11.7 Å². The summed E-state index contributed by atoms with van der Waals surface area (Å²) in [4.78, 5) is 16.2. The van der Waals surface area contributed by atoms with Crippen LogP contribution in [0.3, 0.4) is 0 Å². The van der Waals surface area contributed by atoms with E-state index in [0.29, 0.717) is 53.9 Å². The normalized spacial score (nSPS) is 15.3. The van der Waals surface area contributed by atoms with Crippen molar-refractivity contribution in [1.29, 1.82) is 5.41 Å². The molecular weight excluding hydrogens is 538 g/mol. The molecule has 0 aromatic heterocycles. The van der Waals surface area contributed by atoms with Crippen molar-refractivity contribution in [2.75, 3.05) is 33.9 Å². The maximum atomic E-state index is 13.8. The lowest BCUT2D eigenvalue weighted by Crippen LogP contribution is -2.51. The predicted molar refractivity (Wildman–Crippen MR) is 162 cm³/mol. The summed E-state index contributed by atoms with van der Waals surface area (Å²) in [5, 5.41) is 7.79. The Morgan fingerprint density at radius 1 is 1.05 bits per heavy atom. The van der Waals surface area contributed by atoms with Crippen LogP contribution in [0.25, 0.3) is 11.1 Å². The molecule has 1 amide bonds. The zero-order chi connectivity index (χ0) is 29.4. The Morgan fingerprint density at radius 3 is 2.44 bits per heavy atom. The summed E-state index contributed by atoms with van der Waals surface area (Å²) in [5.74, 6) is 1.62. The van der Waals surface area contributed by atoms with Gasteiger partial charge in [0.2, 0.25) is 5.91 Å². The molecule has 1 aliphatic rings. The van der Waals surface area contributed by atoms with Gasteiger partial charge in [0.05, 0.1) is 25.6 Å². The zero-order valence-electron chi connectivity index (χ0n) is 23.6. The highest BCUT2D eigenvalue weighted by molar-refractivity contribution is 7.89. The van der Waals surface area contributed by atoms with Crippen molar-refractivity contribution in [1.82, 2.24) is 9.62 Å². The minimum Gasteiger partial charge on any atom is -0.593 e. The minimum absolute atomic E-state index is 0.0415. The molecule has 41 heavy (non-hydrogen) atoms. The zero-order valence-corrected chi connectivity index (χ0v) is 24.4. The van der Waals surface area contributed by atoms with Crippen LogP contribution in [0.15, 0.2) is 71.6 Å². The fourth-order valence-electron chi connectivity index (χ4n) is 5.18. The lowest BCUT2D eigenvalue weighted by atomic mass is 9.93. The third kappa shape index (κ3) is 7.80. The topological polar surface area (TPSA) is 150 Å². The molecule has 1 heterocycles. The number of piperidine rings is 1. The van der Waals surface area contributed by atoms with Crippen LogP contribution in [0.5, 0.6) is 11.5 Å². The molecule has 0 saturated carbocycles. The van der Waals surface area contributed by atoms with E-state index in [4.69, 9.17) is 26.4 Å². The third-order valence-electron chi connectivity index (χ3n) is 7.49. The molecule has 3 aromatic carbocycles. The number of nitrogens with two attached hydrogens (primary N) is 2. The van der Waals surface area contributed by atoms with Gasteiger partial charge < -0.3 is 30.4 Å². The van der Waals surface area contributed by atoms with Crippen molar-refractivity contribution in [3.63, 3.8) is 0 Å². The first-order valence-corrected chi connectivity index (χ1v) is 14.9. The number of carbonyl (C=O) groups is 1. The molecule has 2 atom stereocenters. The Kier molecular flexibility index (Phi) is 10.6. The summed E-state index contributed by atoms with van der Waals surface area (Å²) in [6.45, 7) is 1.95. The Balaban J connectivity index is 1.56. The Hall–Kier alpha value is -3.57. The van der Waals surface area contributed by atoms with Crippen molar-refractivity contribution in [3.05, 3.63) is 77.9 Å². The molecule has 1 saturated heterocycles. The van der Waals surface area contributed by atoms with Crippen molar-refractivity contribution >= 4 is 23.1 Å². The van der Waals surface area contributed by atoms with Crippen LogP contribution in [0.2, 0.25) is 0 Å². The number of benzene rings is 3. The number of amidine groups is 1. The summed E-state index contributed by atoms with van der Waals surface area (Å²) in [5.41, 5.74) is 14.6. The van der Waals surface area contributed by atoms with E-state index in [1.165, 1.54) is 0 Å². The van der Waals surface area contributed by atoms with E-state index in [2.05, 4.69) is 4.72 Å². The van der Waals surface area contributed by atoms with Crippen LogP contribution in [0.4, 0.5) is 0 Å². The van der Waals surface area contributed by atoms with Gasteiger partial charge in [0, 0.05) is 31.1 Å². The number of hydrogen-bond donors (Lipinski definition) is 4. The third-order valence-corrected chi connectivity index (χ3v) is 8.67. The second-order valence-corrected chi connectivity index (χ2v) is 11.4. The first-order chi connectivity index (χ1) is 19.8. The minimum atomic E-state index is -1.67. The summed E-state index contributed by atoms with van der Waals surface area (Å²) in [7, 11) is 3.17. The molecule has 3 aromatic rings. The van der Waals surface area contributed by atoms with E-state index in [1.54, 1.807) is 32.4 Å². The molecule has 0 spiro atoms. The van der Waals surface area contributed by atoms with E-state index < -0.39 is 17.4 Å². The van der Waals surface area contributed by atoms with Crippen LogP contribution < -0.4 is 25.7 Å². The smallest absolute Gasteiger partial charge is 0.244 e. The summed E-state index contributed by atoms with van der Waals surface area (Å²) in [6, 6.07) is 19.6. The van der Waals surface area contributed by atoms with E-state index in [0.717, 1.165) is 36.0 Å². The number of hydrogen-bond acceptors (Lipinski definition) is 7. The molecule has 218 valence electrons. The van der Waals surface area contributed by atoms with Gasteiger partial charge in [-0.3, -0.25) is 10.2 Å². The van der Waals surface area contributed by atoms with Crippen molar-refractivity contribution < 1.29 is 18.8 Å². The highest BCUT2D eigenvalue weighted by Crippen LogP contribution is 2.33. The number of methoxy groups -OCH3 is 2. The Bertz CT molecular complexity index is 1350. The summed E-state index contributed by atoms with van der Waals surface area (Å²) < 4.78 is 27.6. The van der Waals surface area contributed by atoms with Gasteiger partial charge >= 0.3 is 0 Å². The van der Waals surface area contributed by atoms with Crippen molar-refractivity contribution in [3.8, 4) is 22.6 Å². The number of carbonyl (C=O) groups excluding carboxylic acids is 1.